The first-order valence-electron chi connectivity index (χ1n) is 7.46. The average Bonchev–Trinajstić information content (AvgIpc) is 2.53. The van der Waals surface area contributed by atoms with Gasteiger partial charge < -0.3 is 15.4 Å². The number of carbonyl (C=O) groups is 1. The van der Waals surface area contributed by atoms with Crippen molar-refractivity contribution >= 4 is 11.6 Å². The van der Waals surface area contributed by atoms with E-state index >= 15 is 0 Å². The Balaban J connectivity index is 1.60. The summed E-state index contributed by atoms with van der Waals surface area (Å²) in [7, 11) is 0. The molecule has 0 aliphatic carbocycles. The molecule has 2 aromatic rings. The highest BCUT2D eigenvalue weighted by atomic mass is 16.5. The fourth-order valence-corrected chi connectivity index (χ4v) is 2.66. The summed E-state index contributed by atoms with van der Waals surface area (Å²) in [5, 5.41) is 0. The molecule has 1 aliphatic heterocycles. The van der Waals surface area contributed by atoms with Crippen LogP contribution in [0.4, 0.5) is 5.69 Å². The van der Waals surface area contributed by atoms with Gasteiger partial charge in [-0.3, -0.25) is 4.79 Å². The second kappa shape index (κ2) is 6.10. The number of amides is 1. The number of nitrogen functional groups attached to an aromatic ring is 1. The van der Waals surface area contributed by atoms with Crippen LogP contribution in [0.2, 0.25) is 0 Å². The molecule has 0 aromatic heterocycles. The van der Waals surface area contributed by atoms with E-state index in [1.165, 1.54) is 11.1 Å². The maximum absolute atomic E-state index is 12.3. The maximum Gasteiger partial charge on any atom is 0.260 e. The summed E-state index contributed by atoms with van der Waals surface area (Å²) in [4.78, 5) is 14.1. The monoisotopic (exact) mass is 296 g/mol. The summed E-state index contributed by atoms with van der Waals surface area (Å²) in [6.45, 7) is 3.43. The SMILES string of the molecule is Cc1ccc(OCC(=O)N2CCc3ccc(N)cc3C2)cc1. The van der Waals surface area contributed by atoms with Crippen LogP contribution in [0.15, 0.2) is 42.5 Å². The molecular weight excluding hydrogens is 276 g/mol. The molecule has 0 fully saturated rings. The van der Waals surface area contributed by atoms with Gasteiger partial charge in [-0.2, -0.15) is 0 Å². The third-order valence-corrected chi connectivity index (χ3v) is 3.98. The van der Waals surface area contributed by atoms with E-state index in [2.05, 4.69) is 6.07 Å². The van der Waals surface area contributed by atoms with Crippen molar-refractivity contribution in [2.24, 2.45) is 0 Å². The molecule has 0 spiro atoms. The van der Waals surface area contributed by atoms with E-state index in [1.807, 2.05) is 48.2 Å². The minimum Gasteiger partial charge on any atom is -0.484 e. The molecule has 22 heavy (non-hydrogen) atoms. The summed E-state index contributed by atoms with van der Waals surface area (Å²) in [6, 6.07) is 13.6. The van der Waals surface area contributed by atoms with Crippen LogP contribution < -0.4 is 10.5 Å². The number of fused-ring (bicyclic) bond motifs is 1. The molecule has 0 atom stereocenters. The van der Waals surface area contributed by atoms with E-state index < -0.39 is 0 Å². The second-order valence-corrected chi connectivity index (χ2v) is 5.70. The van der Waals surface area contributed by atoms with Crippen molar-refractivity contribution in [3.63, 3.8) is 0 Å². The molecule has 2 aromatic carbocycles. The van der Waals surface area contributed by atoms with Crippen LogP contribution in [-0.4, -0.2) is 24.0 Å². The quantitative estimate of drug-likeness (QED) is 0.886. The first-order valence-corrected chi connectivity index (χ1v) is 7.46. The molecular formula is C18H20N2O2. The minimum absolute atomic E-state index is 0.00801. The molecule has 1 amide bonds. The average molecular weight is 296 g/mol. The Labute approximate surface area is 130 Å². The molecule has 3 rings (SSSR count). The Morgan fingerprint density at radius 2 is 1.95 bits per heavy atom. The van der Waals surface area contributed by atoms with E-state index in [-0.39, 0.29) is 12.5 Å². The van der Waals surface area contributed by atoms with Gasteiger partial charge in [0.2, 0.25) is 0 Å². The third kappa shape index (κ3) is 3.22. The van der Waals surface area contributed by atoms with Gasteiger partial charge in [-0.05, 0) is 48.7 Å². The van der Waals surface area contributed by atoms with Crippen molar-refractivity contribution in [2.75, 3.05) is 18.9 Å². The number of hydrogen-bond donors (Lipinski definition) is 1. The third-order valence-electron chi connectivity index (χ3n) is 3.98. The predicted molar refractivity (Wildman–Crippen MR) is 86.6 cm³/mol. The lowest BCUT2D eigenvalue weighted by Crippen LogP contribution is -2.38. The Morgan fingerprint density at radius 3 is 2.73 bits per heavy atom. The van der Waals surface area contributed by atoms with Gasteiger partial charge in [-0.15, -0.1) is 0 Å². The molecule has 4 nitrogen and oxygen atoms in total. The van der Waals surface area contributed by atoms with E-state index in [9.17, 15) is 4.79 Å². The molecule has 114 valence electrons. The van der Waals surface area contributed by atoms with Crippen molar-refractivity contribution in [3.05, 3.63) is 59.2 Å². The lowest BCUT2D eigenvalue weighted by Gasteiger charge is -2.29. The molecule has 0 radical (unpaired) electrons. The highest BCUT2D eigenvalue weighted by Crippen LogP contribution is 2.21. The number of nitrogens with two attached hydrogens (primary N) is 1. The van der Waals surface area contributed by atoms with Gasteiger partial charge in [-0.25, -0.2) is 0 Å². The lowest BCUT2D eigenvalue weighted by atomic mass is 9.99. The van der Waals surface area contributed by atoms with Crippen molar-refractivity contribution in [2.45, 2.75) is 19.9 Å². The smallest absolute Gasteiger partial charge is 0.260 e. The summed E-state index contributed by atoms with van der Waals surface area (Å²) in [5.41, 5.74) is 10.1. The maximum atomic E-state index is 12.3. The second-order valence-electron chi connectivity index (χ2n) is 5.70. The first kappa shape index (κ1) is 14.4. The Morgan fingerprint density at radius 1 is 1.18 bits per heavy atom. The topological polar surface area (TPSA) is 55.6 Å². The van der Waals surface area contributed by atoms with Crippen LogP contribution in [-0.2, 0) is 17.8 Å². The fraction of sp³-hybridized carbons (Fsp3) is 0.278. The van der Waals surface area contributed by atoms with Crippen LogP contribution >= 0.6 is 0 Å². The van der Waals surface area contributed by atoms with Crippen molar-refractivity contribution < 1.29 is 9.53 Å². The molecule has 1 aliphatic rings. The number of rotatable bonds is 3. The van der Waals surface area contributed by atoms with Crippen molar-refractivity contribution in [3.8, 4) is 5.75 Å². The van der Waals surface area contributed by atoms with Gasteiger partial charge in [-0.1, -0.05) is 23.8 Å². The van der Waals surface area contributed by atoms with Gasteiger partial charge in [0.15, 0.2) is 6.61 Å². The van der Waals surface area contributed by atoms with E-state index in [1.54, 1.807) is 0 Å². The van der Waals surface area contributed by atoms with Gasteiger partial charge in [0, 0.05) is 18.8 Å². The molecule has 0 unspecified atom stereocenters. The number of hydrogen-bond acceptors (Lipinski definition) is 3. The Bertz CT molecular complexity index is 680. The summed E-state index contributed by atoms with van der Waals surface area (Å²) in [5.74, 6) is 0.731. The number of nitrogens with zero attached hydrogens (tertiary/aromatic N) is 1. The fourth-order valence-electron chi connectivity index (χ4n) is 2.66. The minimum atomic E-state index is 0.00801. The summed E-state index contributed by atoms with van der Waals surface area (Å²) >= 11 is 0. The zero-order chi connectivity index (χ0) is 15.5. The number of benzene rings is 2. The van der Waals surface area contributed by atoms with Crippen LogP contribution in [0.25, 0.3) is 0 Å². The number of carbonyl (C=O) groups excluding carboxylic acids is 1. The van der Waals surface area contributed by atoms with Gasteiger partial charge in [0.05, 0.1) is 0 Å². The number of ether oxygens (including phenoxy) is 1. The number of anilines is 1. The Kier molecular flexibility index (Phi) is 4.00. The summed E-state index contributed by atoms with van der Waals surface area (Å²) < 4.78 is 5.57. The normalized spacial score (nSPS) is 13.6. The van der Waals surface area contributed by atoms with E-state index in [4.69, 9.17) is 10.5 Å². The lowest BCUT2D eigenvalue weighted by molar-refractivity contribution is -0.134. The van der Waals surface area contributed by atoms with Gasteiger partial charge in [0.25, 0.3) is 5.91 Å². The highest BCUT2D eigenvalue weighted by molar-refractivity contribution is 5.78. The molecule has 4 heteroatoms. The molecule has 0 saturated carbocycles. The van der Waals surface area contributed by atoms with Crippen LogP contribution in [0.1, 0.15) is 16.7 Å². The number of aryl methyl sites for hydroxylation is 1. The van der Waals surface area contributed by atoms with Crippen LogP contribution in [0.3, 0.4) is 0 Å². The molecule has 0 bridgehead atoms. The van der Waals surface area contributed by atoms with Crippen LogP contribution in [0.5, 0.6) is 5.75 Å². The largest absolute Gasteiger partial charge is 0.484 e. The van der Waals surface area contributed by atoms with Gasteiger partial charge in [0.1, 0.15) is 5.75 Å². The Hall–Kier alpha value is -2.49. The summed E-state index contributed by atoms with van der Waals surface area (Å²) in [6.07, 6.45) is 0.867. The van der Waals surface area contributed by atoms with Gasteiger partial charge >= 0.3 is 0 Å². The molecule has 0 saturated heterocycles. The zero-order valence-electron chi connectivity index (χ0n) is 12.7. The van der Waals surface area contributed by atoms with E-state index in [0.717, 1.165) is 30.0 Å². The molecule has 1 heterocycles. The van der Waals surface area contributed by atoms with Crippen LogP contribution in [0, 0.1) is 6.92 Å². The zero-order valence-corrected chi connectivity index (χ0v) is 12.7. The van der Waals surface area contributed by atoms with Crippen molar-refractivity contribution in [1.29, 1.82) is 0 Å². The van der Waals surface area contributed by atoms with Crippen molar-refractivity contribution in [1.82, 2.24) is 4.90 Å². The predicted octanol–water partition coefficient (Wildman–Crippen LogP) is 2.54. The standard InChI is InChI=1S/C18H20N2O2/c1-13-2-6-17(7-3-13)22-12-18(21)20-9-8-14-4-5-16(19)10-15(14)11-20/h2-7,10H,8-9,11-12,19H2,1H3. The molecule has 2 N–H and O–H groups in total. The first-order chi connectivity index (χ1) is 10.6. The highest BCUT2D eigenvalue weighted by Gasteiger charge is 2.21. The van der Waals surface area contributed by atoms with E-state index in [0.29, 0.717) is 6.54 Å².